The van der Waals surface area contributed by atoms with Crippen LogP contribution in [0.4, 0.5) is 0 Å². The fourth-order valence-corrected chi connectivity index (χ4v) is 9.55. The summed E-state index contributed by atoms with van der Waals surface area (Å²) in [4.78, 5) is 33.4. The van der Waals surface area contributed by atoms with Crippen LogP contribution in [-0.4, -0.2) is 79.4 Å². The van der Waals surface area contributed by atoms with Gasteiger partial charge in [-0.2, -0.15) is 37.9 Å². The zero-order valence-corrected chi connectivity index (χ0v) is 54.3. The van der Waals surface area contributed by atoms with Gasteiger partial charge < -0.3 is 14.2 Å². The number of carbonyl (C=O) groups is 3. The molecule has 0 spiro atoms. The molecule has 10 heteroatoms. The van der Waals surface area contributed by atoms with E-state index in [2.05, 4.69) is 58.7 Å². The summed E-state index contributed by atoms with van der Waals surface area (Å²) < 4.78 is 15.3. The van der Waals surface area contributed by atoms with Crippen molar-refractivity contribution in [3.63, 3.8) is 0 Å². The Morgan fingerprint density at radius 2 is 0.356 bits per heavy atom. The van der Waals surface area contributed by atoms with E-state index in [0.29, 0.717) is 56.3 Å². The third-order valence-corrected chi connectivity index (χ3v) is 14.4. The van der Waals surface area contributed by atoms with Crippen molar-refractivity contribution in [2.24, 2.45) is 0 Å². The van der Waals surface area contributed by atoms with Crippen LogP contribution in [0, 0.1) is 0 Å². The van der Waals surface area contributed by atoms with E-state index >= 15 is 0 Å². The van der Waals surface area contributed by atoms with E-state index in [1.165, 1.54) is 289 Å². The van der Waals surface area contributed by atoms with Crippen LogP contribution in [0.25, 0.3) is 0 Å². The van der Waals surface area contributed by atoms with E-state index < -0.39 is 0 Å². The topological polar surface area (TPSA) is 78.9 Å². The summed E-state index contributed by atoms with van der Waals surface area (Å²) in [7, 11) is 0. The minimum Gasteiger partial charge on any atom is -0.466 e. The van der Waals surface area contributed by atoms with Crippen LogP contribution < -0.4 is 0 Å². The van der Waals surface area contributed by atoms with Gasteiger partial charge in [-0.3, -0.25) is 14.4 Å². The van der Waals surface area contributed by atoms with Crippen molar-refractivity contribution in [1.29, 1.82) is 0 Å². The minimum absolute atomic E-state index is 0. The Kier molecular flexibility index (Phi) is 83.6. The molecule has 0 saturated carbocycles. The van der Waals surface area contributed by atoms with Crippen LogP contribution in [0.2, 0.25) is 0 Å². The summed E-state index contributed by atoms with van der Waals surface area (Å²) in [5.74, 6) is 1.43. The Morgan fingerprint density at radius 3 is 0.479 bits per heavy atom. The number of hydrogen-bond donors (Lipinski definition) is 3. The Hall–Kier alpha value is 0.278. The van der Waals surface area contributed by atoms with Crippen molar-refractivity contribution in [2.45, 2.75) is 348 Å². The molecule has 0 fully saturated rings. The molecule has 0 aromatic carbocycles. The summed E-state index contributed by atoms with van der Waals surface area (Å²) in [6.07, 6.45) is 66.8. The molecule has 0 aromatic heterocycles. The molecule has 0 amide bonds. The van der Waals surface area contributed by atoms with Gasteiger partial charge in [0, 0.05) is 41.7 Å². The third-order valence-electron chi connectivity index (χ3n) is 13.7. The fraction of sp³-hybridized carbons (Fsp3) is 0.952. The van der Waals surface area contributed by atoms with Crippen molar-refractivity contribution in [3.05, 3.63) is 0 Å². The predicted octanol–water partition coefficient (Wildman–Crippen LogP) is 21.0. The number of hydrogen-bond acceptors (Lipinski definition) is 9. The molecular formula is C63H126O6S3Sb. The Labute approximate surface area is 490 Å². The molecule has 3 radical (unpaired) electrons. The molecule has 0 aliphatic heterocycles. The van der Waals surface area contributed by atoms with Gasteiger partial charge in [0.15, 0.2) is 0 Å². The largest absolute Gasteiger partial charge is 0.466 e. The maximum Gasteiger partial charge on any atom is 0.306 e. The molecule has 73 heavy (non-hydrogen) atoms. The average molecular weight is 1200 g/mol. The van der Waals surface area contributed by atoms with Crippen molar-refractivity contribution < 1.29 is 28.6 Å². The molecule has 0 aliphatic carbocycles. The van der Waals surface area contributed by atoms with Gasteiger partial charge in [0.1, 0.15) is 0 Å². The predicted molar refractivity (Wildman–Crippen MR) is 333 cm³/mol. The number of carbonyl (C=O) groups excluding carboxylic acids is 3. The first kappa shape index (κ1) is 79.8. The van der Waals surface area contributed by atoms with Crippen LogP contribution >= 0.6 is 37.9 Å². The van der Waals surface area contributed by atoms with E-state index in [9.17, 15) is 14.4 Å². The molecule has 6 nitrogen and oxygen atoms in total. The van der Waals surface area contributed by atoms with E-state index in [-0.39, 0.29) is 42.3 Å². The Morgan fingerprint density at radius 1 is 0.233 bits per heavy atom. The molecular weight excluding hydrogens is 1070 g/mol. The zero-order valence-electron chi connectivity index (χ0n) is 49.0. The van der Waals surface area contributed by atoms with Crippen molar-refractivity contribution >= 4 is 80.2 Å². The number of ether oxygens (including phenoxy) is 3. The summed E-state index contributed by atoms with van der Waals surface area (Å²) in [6, 6.07) is 0. The molecule has 0 bridgehead atoms. The van der Waals surface area contributed by atoms with Crippen LogP contribution in [0.5, 0.6) is 0 Å². The van der Waals surface area contributed by atoms with Gasteiger partial charge in [-0.05, 0) is 19.3 Å². The number of thiol groups is 3. The van der Waals surface area contributed by atoms with Gasteiger partial charge >= 0.3 is 17.9 Å². The van der Waals surface area contributed by atoms with E-state index in [1.807, 2.05) is 0 Å². The smallest absolute Gasteiger partial charge is 0.306 e. The van der Waals surface area contributed by atoms with Gasteiger partial charge in [0.2, 0.25) is 0 Å². The van der Waals surface area contributed by atoms with Crippen LogP contribution in [0.1, 0.15) is 348 Å². The second-order valence-corrected chi connectivity index (χ2v) is 22.3. The van der Waals surface area contributed by atoms with Crippen LogP contribution in [-0.2, 0) is 28.6 Å². The van der Waals surface area contributed by atoms with Crippen LogP contribution in [0.3, 0.4) is 0 Å². The number of esters is 3. The molecule has 0 aromatic rings. The first-order valence-corrected chi connectivity index (χ1v) is 33.6. The quantitative estimate of drug-likeness (QED) is 0.0185. The van der Waals surface area contributed by atoms with Crippen LogP contribution in [0.15, 0.2) is 0 Å². The van der Waals surface area contributed by atoms with Gasteiger partial charge in [0.05, 0.1) is 39.1 Å². The molecule has 0 heterocycles. The maximum atomic E-state index is 11.1. The second-order valence-electron chi connectivity index (χ2n) is 21.0. The van der Waals surface area contributed by atoms with E-state index in [0.717, 1.165) is 19.3 Å². The van der Waals surface area contributed by atoms with Gasteiger partial charge in [0.25, 0.3) is 0 Å². The molecule has 0 atom stereocenters. The molecule has 437 valence electrons. The maximum absolute atomic E-state index is 11.1. The molecule has 0 N–H and O–H groups in total. The van der Waals surface area contributed by atoms with E-state index in [4.69, 9.17) is 14.2 Å². The number of unbranched alkanes of at least 4 members (excludes halogenated alkanes) is 45. The monoisotopic (exact) mass is 1200 g/mol. The average Bonchev–Trinajstić information content (AvgIpc) is 3.37. The molecule has 0 saturated heterocycles. The van der Waals surface area contributed by atoms with Crippen molar-refractivity contribution in [2.75, 3.05) is 37.1 Å². The minimum atomic E-state index is -0.106. The number of rotatable bonds is 57. The van der Waals surface area contributed by atoms with Gasteiger partial charge in [-0.15, -0.1) is 0 Å². The zero-order chi connectivity index (χ0) is 53.2. The third kappa shape index (κ3) is 81.3. The molecule has 0 unspecified atom stereocenters. The second kappa shape index (κ2) is 76.5. The first-order valence-electron chi connectivity index (χ1n) is 31.7. The van der Waals surface area contributed by atoms with E-state index in [1.54, 1.807) is 0 Å². The van der Waals surface area contributed by atoms with Gasteiger partial charge in [-0.25, -0.2) is 0 Å². The normalized spacial score (nSPS) is 10.8. The first-order chi connectivity index (χ1) is 35.4. The summed E-state index contributed by atoms with van der Waals surface area (Å²) >= 11 is 12.1. The van der Waals surface area contributed by atoms with Crippen molar-refractivity contribution in [3.8, 4) is 0 Å². The molecule has 0 aliphatic rings. The standard InChI is InChI=1S/3C21H42O2S.Sb/c3*1-2-3-4-5-6-7-8-9-10-11-12-13-14-15-16-17-19-23-21(22)18-20-24;/h3*24H,2-20H2,1H3;. The van der Waals surface area contributed by atoms with Gasteiger partial charge in [-0.1, -0.05) is 310 Å². The summed E-state index contributed by atoms with van der Waals surface area (Å²) in [6.45, 7) is 8.61. The SMILES string of the molecule is CCCCCCCCCCCCCCCCCCOC(=O)CCS.CCCCCCCCCCCCCCCCCCOC(=O)CCS.CCCCCCCCCCCCCCCCCCOC(=O)CCS.[Sb]. The Balaban J connectivity index is -0.000000486. The fourth-order valence-electron chi connectivity index (χ4n) is 9.00. The Bertz CT molecular complexity index is 900. The summed E-state index contributed by atoms with van der Waals surface area (Å²) in [5, 5.41) is 0. The summed E-state index contributed by atoms with van der Waals surface area (Å²) in [5.41, 5.74) is 0. The van der Waals surface area contributed by atoms with Crippen molar-refractivity contribution in [1.82, 2.24) is 0 Å². The molecule has 0 rings (SSSR count).